The zero-order valence-corrected chi connectivity index (χ0v) is 66.7. The fourth-order valence-electron chi connectivity index (χ4n) is 11.8. The fourth-order valence-corrected chi connectivity index (χ4v) is 11.8. The maximum absolute atomic E-state index is 11.1. The van der Waals surface area contributed by atoms with Gasteiger partial charge in [-0.1, -0.05) is 276 Å². The zero-order valence-electron chi connectivity index (χ0n) is 66.7. The lowest BCUT2D eigenvalue weighted by molar-refractivity contribution is 0.420. The van der Waals surface area contributed by atoms with E-state index in [1.54, 1.807) is 14.4 Å². The second kappa shape index (κ2) is 33.6. The summed E-state index contributed by atoms with van der Waals surface area (Å²) in [5.41, 5.74) is 19.8. The first kappa shape index (κ1) is 80.1. The molecule has 16 nitrogen and oxygen atoms in total. The van der Waals surface area contributed by atoms with Crippen LogP contribution >= 0.6 is 0 Å². The molecule has 0 spiro atoms. The van der Waals surface area contributed by atoms with Gasteiger partial charge in [0.05, 0.1) is 0 Å². The molecule has 0 atom stereocenters. The van der Waals surface area contributed by atoms with Gasteiger partial charge >= 0.3 is 0 Å². The molecule has 10 aromatic carbocycles. The Hall–Kier alpha value is -11.0. The van der Waals surface area contributed by atoms with Crippen molar-refractivity contribution in [3.63, 3.8) is 0 Å². The van der Waals surface area contributed by atoms with Gasteiger partial charge in [-0.3, -0.25) is 0 Å². The number of nitrogens with zero attached hydrogens (tertiary/aromatic N) is 12. The van der Waals surface area contributed by atoms with Crippen molar-refractivity contribution in [1.82, 2.24) is 60.0 Å². The predicted molar refractivity (Wildman–Crippen MR) is 440 cm³/mol. The van der Waals surface area contributed by atoms with Crippen LogP contribution in [-0.4, -0.2) is 80.4 Å². The molecule has 14 rings (SSSR count). The standard InChI is InChI=1S/C22H29N3O.C20H25N3O.C19H23N3O.C16H17N3O.2C7H8/c1-7-21(3,4)15-13-16(22(5,6)8-2)20(26)19(14-15)25-23-17-11-9-10-12-18(17)24-25;1-19(2,3)13-11-14(20(4,5)6)18(24)17(12-13)23-21-15-9-7-8-10-16(15)22-23;1-12(2)14-10-13(19(3,4)5)11-17(18(14)23)22-20-15-8-6-7-9-16(15)21-22;1-3-11-9-12(4-2)16(20)15(10-11)19-17-13-7-5-6-8-14(13)18-19;2*1-7-5-3-2-4-6-7/h9-14,26H,7-8H2,1-6H3;7-12,24H,1-6H3;6-12,23H,1-5H3;5-10,20H,3-4H2,1-2H3;2*2-6H,1H3. The van der Waals surface area contributed by atoms with Gasteiger partial charge in [-0.2, -0.15) is 0 Å². The van der Waals surface area contributed by atoms with Crippen LogP contribution in [0.25, 0.3) is 66.9 Å². The Labute approximate surface area is 632 Å². The molecule has 4 aromatic heterocycles. The second-order valence-corrected chi connectivity index (χ2v) is 32.1. The van der Waals surface area contributed by atoms with Crippen molar-refractivity contribution in [1.29, 1.82) is 0 Å². The molecule has 0 bridgehead atoms. The molecule has 0 amide bonds. The largest absolute Gasteiger partial charge is 0.505 e. The van der Waals surface area contributed by atoms with Crippen molar-refractivity contribution < 1.29 is 20.4 Å². The number of rotatable bonds is 11. The SMILES string of the molecule is CC(C)(C)c1cc(-n2nc3ccccc3n2)c(O)c(C(C)(C)C)c1.CC(C)c1cc(C(C)(C)C)cc(-n2nc3ccccc3n2)c1O.CCC(C)(C)c1cc(-n2nc3ccccc3n2)c(O)c(C(C)(C)CC)c1.CCc1cc(CC)c(O)c(-n2nc3ccccc3n2)c1.Cc1ccccc1.Cc1ccccc1. The third kappa shape index (κ3) is 19.6. The summed E-state index contributed by atoms with van der Waals surface area (Å²) in [6.07, 6.45) is 3.65. The molecule has 0 unspecified atom stereocenters. The van der Waals surface area contributed by atoms with Crippen LogP contribution in [0.4, 0.5) is 0 Å². The molecule has 0 aliphatic heterocycles. The van der Waals surface area contributed by atoms with E-state index in [0.717, 1.165) is 103 Å². The number of hydrogen-bond acceptors (Lipinski definition) is 12. The summed E-state index contributed by atoms with van der Waals surface area (Å²) in [4.78, 5) is 6.19. The van der Waals surface area contributed by atoms with Gasteiger partial charge in [0.25, 0.3) is 0 Å². The third-order valence-electron chi connectivity index (χ3n) is 19.6. The molecule has 558 valence electrons. The van der Waals surface area contributed by atoms with Gasteiger partial charge in [0.15, 0.2) is 0 Å². The van der Waals surface area contributed by atoms with Gasteiger partial charge in [-0.25, -0.2) is 0 Å². The minimum atomic E-state index is -0.174. The van der Waals surface area contributed by atoms with Gasteiger partial charge in [0, 0.05) is 11.1 Å². The lowest BCUT2D eigenvalue weighted by Crippen LogP contribution is -2.21. The topological polar surface area (TPSA) is 204 Å². The Kier molecular flexibility index (Phi) is 25.2. The average molecular weight is 1440 g/mol. The van der Waals surface area contributed by atoms with Crippen LogP contribution in [0.2, 0.25) is 0 Å². The van der Waals surface area contributed by atoms with Crippen molar-refractivity contribution in [2.24, 2.45) is 0 Å². The van der Waals surface area contributed by atoms with Crippen molar-refractivity contribution in [3.05, 3.63) is 262 Å². The first-order valence-corrected chi connectivity index (χ1v) is 37.4. The molecule has 0 saturated carbocycles. The van der Waals surface area contributed by atoms with Crippen molar-refractivity contribution in [2.75, 3.05) is 0 Å². The minimum absolute atomic E-state index is 0.00754. The molecule has 4 heterocycles. The van der Waals surface area contributed by atoms with E-state index in [1.807, 2.05) is 171 Å². The maximum atomic E-state index is 11.1. The van der Waals surface area contributed by atoms with Gasteiger partial charge in [0.2, 0.25) is 0 Å². The molecular weight excluding hydrogens is 1330 g/mol. The molecule has 107 heavy (non-hydrogen) atoms. The van der Waals surface area contributed by atoms with Crippen LogP contribution in [0.15, 0.2) is 206 Å². The highest BCUT2D eigenvalue weighted by Gasteiger charge is 2.31. The Bertz CT molecular complexity index is 5120. The highest BCUT2D eigenvalue weighted by Crippen LogP contribution is 2.43. The van der Waals surface area contributed by atoms with E-state index in [-0.39, 0.29) is 56.0 Å². The second-order valence-electron chi connectivity index (χ2n) is 32.1. The lowest BCUT2D eigenvalue weighted by atomic mass is 9.76. The number of benzene rings is 10. The minimum Gasteiger partial charge on any atom is -0.505 e. The number of phenols is 4. The summed E-state index contributed by atoms with van der Waals surface area (Å²) < 4.78 is 0. The molecule has 0 aliphatic carbocycles. The quantitative estimate of drug-likeness (QED) is 0.0955. The Morgan fingerprint density at radius 3 is 0.897 bits per heavy atom. The molecule has 0 saturated heterocycles. The van der Waals surface area contributed by atoms with Crippen LogP contribution in [0.1, 0.15) is 206 Å². The van der Waals surface area contributed by atoms with Crippen LogP contribution in [0, 0.1) is 13.8 Å². The van der Waals surface area contributed by atoms with Crippen LogP contribution in [0.5, 0.6) is 23.0 Å². The Morgan fingerprint density at radius 2 is 0.607 bits per heavy atom. The number of fused-ring (bicyclic) bond motifs is 4. The Morgan fingerprint density at radius 1 is 0.308 bits per heavy atom. The van der Waals surface area contributed by atoms with E-state index in [2.05, 4.69) is 222 Å². The summed E-state index contributed by atoms with van der Waals surface area (Å²) in [5.74, 6) is 1.27. The smallest absolute Gasteiger partial charge is 0.146 e. The summed E-state index contributed by atoms with van der Waals surface area (Å²) >= 11 is 0. The van der Waals surface area contributed by atoms with Crippen molar-refractivity contribution >= 4 is 44.1 Å². The number of aromatic nitrogens is 12. The first-order valence-electron chi connectivity index (χ1n) is 37.4. The zero-order chi connectivity index (χ0) is 77.9. The molecule has 0 radical (unpaired) electrons. The predicted octanol–water partition coefficient (Wildman–Crippen LogP) is 22.0. The maximum Gasteiger partial charge on any atom is 0.146 e. The van der Waals surface area contributed by atoms with Crippen LogP contribution < -0.4 is 0 Å². The lowest BCUT2D eigenvalue weighted by Gasteiger charge is -2.30. The van der Waals surface area contributed by atoms with E-state index in [9.17, 15) is 20.4 Å². The summed E-state index contributed by atoms with van der Waals surface area (Å²) in [5, 5.41) is 79.3. The summed E-state index contributed by atoms with van der Waals surface area (Å²) in [6, 6.07) is 67.8. The van der Waals surface area contributed by atoms with E-state index >= 15 is 0 Å². The summed E-state index contributed by atoms with van der Waals surface area (Å²) in [7, 11) is 0. The highest BCUT2D eigenvalue weighted by atomic mass is 16.3. The Balaban J connectivity index is 0.000000155. The molecule has 4 N–H and O–H groups in total. The van der Waals surface area contributed by atoms with Gasteiger partial charge in [0.1, 0.15) is 89.9 Å². The molecule has 0 aliphatic rings. The number of phenolic OH excluding ortho intramolecular Hbond substituents is 4. The van der Waals surface area contributed by atoms with E-state index in [0.29, 0.717) is 22.7 Å². The van der Waals surface area contributed by atoms with E-state index in [4.69, 9.17) is 0 Å². The van der Waals surface area contributed by atoms with Crippen LogP contribution in [0.3, 0.4) is 0 Å². The number of aryl methyl sites for hydroxylation is 4. The molecular formula is C91H110N12O4. The first-order chi connectivity index (χ1) is 50.5. The van der Waals surface area contributed by atoms with E-state index in [1.165, 1.54) is 27.1 Å². The fraction of sp³-hybridized carbons (Fsp3) is 0.341. The van der Waals surface area contributed by atoms with Crippen LogP contribution in [-0.2, 0) is 39.9 Å². The normalized spacial score (nSPS) is 11.8. The molecule has 16 heteroatoms. The number of aromatic hydroxyl groups is 4. The monoisotopic (exact) mass is 1430 g/mol. The number of hydrogen-bond donors (Lipinski definition) is 4. The summed E-state index contributed by atoms with van der Waals surface area (Å²) in [6.45, 7) is 44.9. The molecule has 14 aromatic rings. The third-order valence-corrected chi connectivity index (χ3v) is 19.6. The van der Waals surface area contributed by atoms with E-state index < -0.39 is 0 Å². The molecule has 0 fully saturated rings. The van der Waals surface area contributed by atoms with Gasteiger partial charge < -0.3 is 20.4 Å². The average Bonchev–Trinajstić information content (AvgIpc) is 1.77. The van der Waals surface area contributed by atoms with Crippen molar-refractivity contribution in [2.45, 2.75) is 204 Å². The van der Waals surface area contributed by atoms with Gasteiger partial charge in [-0.15, -0.1) is 60.0 Å². The highest BCUT2D eigenvalue weighted by molar-refractivity contribution is 5.77. The van der Waals surface area contributed by atoms with Crippen molar-refractivity contribution in [3.8, 4) is 45.7 Å². The van der Waals surface area contributed by atoms with Gasteiger partial charge in [-0.05, 0) is 179 Å².